The SMILES string of the molecule is CC(=O)N1CCN(C(=O)CCn2c(=O)c(C)cc3ccccc32)CC1. The van der Waals surface area contributed by atoms with Gasteiger partial charge in [0.25, 0.3) is 5.56 Å². The highest BCUT2D eigenvalue weighted by Gasteiger charge is 2.22. The lowest BCUT2D eigenvalue weighted by atomic mass is 10.1. The number of hydrogen-bond donors (Lipinski definition) is 0. The number of fused-ring (bicyclic) bond motifs is 1. The number of rotatable bonds is 3. The van der Waals surface area contributed by atoms with Gasteiger partial charge in [-0.05, 0) is 24.4 Å². The Balaban J connectivity index is 1.71. The molecule has 1 aliphatic heterocycles. The Morgan fingerprint density at radius 2 is 1.68 bits per heavy atom. The van der Waals surface area contributed by atoms with E-state index < -0.39 is 0 Å². The van der Waals surface area contributed by atoms with Crippen molar-refractivity contribution in [2.45, 2.75) is 26.8 Å². The van der Waals surface area contributed by atoms with Crippen LogP contribution in [0.4, 0.5) is 0 Å². The summed E-state index contributed by atoms with van der Waals surface area (Å²) >= 11 is 0. The van der Waals surface area contributed by atoms with Gasteiger partial charge in [0, 0.05) is 51.6 Å². The Kier molecular flexibility index (Phi) is 4.88. The van der Waals surface area contributed by atoms with Gasteiger partial charge in [0.05, 0.1) is 5.52 Å². The summed E-state index contributed by atoms with van der Waals surface area (Å²) in [7, 11) is 0. The van der Waals surface area contributed by atoms with Crippen molar-refractivity contribution in [3.8, 4) is 0 Å². The van der Waals surface area contributed by atoms with Crippen LogP contribution in [0, 0.1) is 6.92 Å². The third kappa shape index (κ3) is 3.57. The molecule has 0 N–H and O–H groups in total. The first kappa shape index (κ1) is 17.2. The Morgan fingerprint density at radius 1 is 1.04 bits per heavy atom. The molecule has 3 rings (SSSR count). The molecule has 0 aliphatic carbocycles. The van der Waals surface area contributed by atoms with Gasteiger partial charge in [-0.1, -0.05) is 18.2 Å². The molecular formula is C19H23N3O3. The van der Waals surface area contributed by atoms with Crippen LogP contribution >= 0.6 is 0 Å². The minimum atomic E-state index is -0.0482. The predicted octanol–water partition coefficient (Wildman–Crippen LogP) is 1.39. The maximum atomic E-state index is 12.5. The van der Waals surface area contributed by atoms with Gasteiger partial charge >= 0.3 is 0 Å². The normalized spacial score (nSPS) is 14.8. The highest BCUT2D eigenvalue weighted by molar-refractivity contribution is 5.80. The van der Waals surface area contributed by atoms with Crippen molar-refractivity contribution < 1.29 is 9.59 Å². The minimum Gasteiger partial charge on any atom is -0.339 e. The number of amides is 2. The van der Waals surface area contributed by atoms with Gasteiger partial charge in [-0.25, -0.2) is 0 Å². The van der Waals surface area contributed by atoms with E-state index in [-0.39, 0.29) is 23.8 Å². The number of piperazine rings is 1. The number of benzene rings is 1. The molecule has 1 aromatic carbocycles. The van der Waals surface area contributed by atoms with Crippen molar-refractivity contribution in [2.24, 2.45) is 0 Å². The van der Waals surface area contributed by atoms with Crippen LogP contribution in [-0.4, -0.2) is 52.4 Å². The van der Waals surface area contributed by atoms with Gasteiger partial charge < -0.3 is 14.4 Å². The van der Waals surface area contributed by atoms with Gasteiger partial charge in [-0.15, -0.1) is 0 Å². The second-order valence-corrected chi connectivity index (χ2v) is 6.48. The molecule has 25 heavy (non-hydrogen) atoms. The number of carbonyl (C=O) groups excluding carboxylic acids is 2. The van der Waals surface area contributed by atoms with Crippen LogP contribution < -0.4 is 5.56 Å². The molecule has 1 fully saturated rings. The largest absolute Gasteiger partial charge is 0.339 e. The second-order valence-electron chi connectivity index (χ2n) is 6.48. The van der Waals surface area contributed by atoms with Crippen LogP contribution in [0.25, 0.3) is 10.9 Å². The fourth-order valence-corrected chi connectivity index (χ4v) is 3.33. The lowest BCUT2D eigenvalue weighted by Gasteiger charge is -2.34. The van der Waals surface area contributed by atoms with E-state index in [1.807, 2.05) is 30.3 Å². The van der Waals surface area contributed by atoms with Crippen LogP contribution in [0.3, 0.4) is 0 Å². The molecule has 0 spiro atoms. The highest BCUT2D eigenvalue weighted by Crippen LogP contribution is 2.14. The van der Waals surface area contributed by atoms with Crippen LogP contribution in [0.15, 0.2) is 35.1 Å². The number of para-hydroxylation sites is 1. The quantitative estimate of drug-likeness (QED) is 0.848. The van der Waals surface area contributed by atoms with Crippen LogP contribution in [0.2, 0.25) is 0 Å². The topological polar surface area (TPSA) is 62.6 Å². The van der Waals surface area contributed by atoms with Crippen molar-refractivity contribution in [2.75, 3.05) is 26.2 Å². The Labute approximate surface area is 146 Å². The van der Waals surface area contributed by atoms with E-state index in [9.17, 15) is 14.4 Å². The van der Waals surface area contributed by atoms with E-state index >= 15 is 0 Å². The number of carbonyl (C=O) groups is 2. The summed E-state index contributed by atoms with van der Waals surface area (Å²) in [5, 5.41) is 1.00. The Hall–Kier alpha value is -2.63. The Morgan fingerprint density at radius 3 is 2.36 bits per heavy atom. The monoisotopic (exact) mass is 341 g/mol. The molecule has 0 unspecified atom stereocenters. The molecule has 6 nitrogen and oxygen atoms in total. The minimum absolute atomic E-state index is 0.0284. The van der Waals surface area contributed by atoms with Gasteiger partial charge in [0.15, 0.2) is 0 Å². The van der Waals surface area contributed by atoms with Crippen molar-refractivity contribution in [1.29, 1.82) is 0 Å². The molecule has 2 amide bonds. The summed E-state index contributed by atoms with van der Waals surface area (Å²) in [6, 6.07) is 9.61. The first-order chi connectivity index (χ1) is 12.0. The third-order valence-corrected chi connectivity index (χ3v) is 4.81. The first-order valence-corrected chi connectivity index (χ1v) is 8.60. The first-order valence-electron chi connectivity index (χ1n) is 8.60. The van der Waals surface area contributed by atoms with Crippen LogP contribution in [0.5, 0.6) is 0 Å². The number of nitrogens with zero attached hydrogens (tertiary/aromatic N) is 3. The predicted molar refractivity (Wildman–Crippen MR) is 96.4 cm³/mol. The molecule has 0 atom stereocenters. The summed E-state index contributed by atoms with van der Waals surface area (Å²) in [6.07, 6.45) is 0.285. The molecule has 132 valence electrons. The average molecular weight is 341 g/mol. The van der Waals surface area contributed by atoms with E-state index in [0.717, 1.165) is 10.9 Å². The molecular weight excluding hydrogens is 318 g/mol. The summed E-state index contributed by atoms with van der Waals surface area (Å²) in [5.74, 6) is 0.0746. The van der Waals surface area contributed by atoms with Gasteiger partial charge in [0.1, 0.15) is 0 Å². The number of aromatic nitrogens is 1. The van der Waals surface area contributed by atoms with Crippen LogP contribution in [-0.2, 0) is 16.1 Å². The van der Waals surface area contributed by atoms with Gasteiger partial charge in [0.2, 0.25) is 11.8 Å². The molecule has 1 aromatic heterocycles. The number of pyridine rings is 1. The lowest BCUT2D eigenvalue weighted by molar-refractivity contribution is -0.138. The summed E-state index contributed by atoms with van der Waals surface area (Å²) in [6.45, 7) is 5.99. The van der Waals surface area contributed by atoms with Gasteiger partial charge in [-0.2, -0.15) is 0 Å². The standard InChI is InChI=1S/C19H23N3O3/c1-14-13-16-5-3-4-6-17(16)22(19(14)25)8-7-18(24)21-11-9-20(10-12-21)15(2)23/h3-6,13H,7-12H2,1-2H3. The van der Waals surface area contributed by atoms with E-state index in [0.29, 0.717) is 38.3 Å². The molecule has 1 saturated heterocycles. The number of hydrogen-bond acceptors (Lipinski definition) is 3. The zero-order chi connectivity index (χ0) is 18.0. The van der Waals surface area contributed by atoms with Crippen molar-refractivity contribution >= 4 is 22.7 Å². The molecule has 0 radical (unpaired) electrons. The zero-order valence-corrected chi connectivity index (χ0v) is 14.7. The van der Waals surface area contributed by atoms with E-state index in [1.54, 1.807) is 28.2 Å². The third-order valence-electron chi connectivity index (χ3n) is 4.81. The summed E-state index contributed by atoms with van der Waals surface area (Å²) < 4.78 is 1.69. The summed E-state index contributed by atoms with van der Waals surface area (Å²) in [5.41, 5.74) is 1.49. The second kappa shape index (κ2) is 7.09. The molecule has 2 aromatic rings. The zero-order valence-electron chi connectivity index (χ0n) is 14.7. The lowest BCUT2D eigenvalue weighted by Crippen LogP contribution is -2.50. The average Bonchev–Trinajstić information content (AvgIpc) is 2.62. The molecule has 0 saturated carbocycles. The Bertz CT molecular complexity index is 864. The molecule has 2 heterocycles. The molecule has 1 aliphatic rings. The van der Waals surface area contributed by atoms with E-state index in [4.69, 9.17) is 0 Å². The van der Waals surface area contributed by atoms with Crippen molar-refractivity contribution in [1.82, 2.24) is 14.4 Å². The molecule has 6 heteroatoms. The smallest absolute Gasteiger partial charge is 0.253 e. The number of aryl methyl sites for hydroxylation is 2. The fraction of sp³-hybridized carbons (Fsp3) is 0.421. The maximum absolute atomic E-state index is 12.5. The summed E-state index contributed by atoms with van der Waals surface area (Å²) in [4.78, 5) is 39.9. The van der Waals surface area contributed by atoms with Gasteiger partial charge in [-0.3, -0.25) is 14.4 Å². The van der Waals surface area contributed by atoms with Crippen LogP contribution in [0.1, 0.15) is 18.9 Å². The molecule has 0 bridgehead atoms. The van der Waals surface area contributed by atoms with E-state index in [1.165, 1.54) is 0 Å². The van der Waals surface area contributed by atoms with E-state index in [2.05, 4.69) is 0 Å². The highest BCUT2D eigenvalue weighted by atomic mass is 16.2. The maximum Gasteiger partial charge on any atom is 0.253 e. The van der Waals surface area contributed by atoms with Crippen molar-refractivity contribution in [3.63, 3.8) is 0 Å². The van der Waals surface area contributed by atoms with Crippen molar-refractivity contribution in [3.05, 3.63) is 46.2 Å². The fourth-order valence-electron chi connectivity index (χ4n) is 3.33.